The van der Waals surface area contributed by atoms with Gasteiger partial charge in [-0.1, -0.05) is 42.7 Å². The minimum Gasteiger partial charge on any atom is -0.309 e. The fraction of sp³-hybridized carbons (Fsp3) is 0.647. The average molecular weight is 260 g/mol. The highest BCUT2D eigenvalue weighted by atomic mass is 15.1. The first-order chi connectivity index (χ1) is 9.19. The standard InChI is InChI=1S/C17H28N2/c1-4-18-17(13-19-8-6-5-7-9-19)16-11-14(2)10-15(3)12-16/h10-12,17-18H,4-9,13H2,1-3H3. The second-order valence-electron chi connectivity index (χ2n) is 5.89. The Balaban J connectivity index is 2.09. The lowest BCUT2D eigenvalue weighted by Crippen LogP contribution is -2.38. The first kappa shape index (κ1) is 14.5. The van der Waals surface area contributed by atoms with Gasteiger partial charge in [-0.3, -0.25) is 0 Å². The summed E-state index contributed by atoms with van der Waals surface area (Å²) in [6, 6.07) is 7.41. The maximum absolute atomic E-state index is 3.66. The number of aryl methyl sites for hydroxylation is 2. The van der Waals surface area contributed by atoms with Crippen molar-refractivity contribution in [2.24, 2.45) is 0 Å². The van der Waals surface area contributed by atoms with Gasteiger partial charge in [-0.15, -0.1) is 0 Å². The minimum atomic E-state index is 0.474. The predicted molar refractivity (Wildman–Crippen MR) is 82.6 cm³/mol. The highest BCUT2D eigenvalue weighted by molar-refractivity contribution is 5.31. The van der Waals surface area contributed by atoms with Crippen molar-refractivity contribution in [1.82, 2.24) is 10.2 Å². The summed E-state index contributed by atoms with van der Waals surface area (Å²) in [5.74, 6) is 0. The summed E-state index contributed by atoms with van der Waals surface area (Å²) in [5, 5.41) is 3.66. The van der Waals surface area contributed by atoms with Crippen molar-refractivity contribution < 1.29 is 0 Å². The van der Waals surface area contributed by atoms with E-state index in [1.807, 2.05) is 0 Å². The van der Waals surface area contributed by atoms with Crippen LogP contribution in [0.4, 0.5) is 0 Å². The number of hydrogen-bond donors (Lipinski definition) is 1. The van der Waals surface area contributed by atoms with E-state index in [0.29, 0.717) is 6.04 Å². The lowest BCUT2D eigenvalue weighted by Gasteiger charge is -2.31. The largest absolute Gasteiger partial charge is 0.309 e. The Bertz CT molecular complexity index is 374. The van der Waals surface area contributed by atoms with Gasteiger partial charge < -0.3 is 10.2 Å². The molecule has 1 heterocycles. The van der Waals surface area contributed by atoms with Crippen LogP contribution in [0.2, 0.25) is 0 Å². The Morgan fingerprint density at radius 2 is 1.68 bits per heavy atom. The molecule has 2 nitrogen and oxygen atoms in total. The molecule has 0 spiro atoms. The zero-order valence-corrected chi connectivity index (χ0v) is 12.7. The first-order valence-electron chi connectivity index (χ1n) is 7.73. The second kappa shape index (κ2) is 7.06. The van der Waals surface area contributed by atoms with Crippen molar-refractivity contribution in [3.05, 3.63) is 34.9 Å². The Hall–Kier alpha value is -0.860. The van der Waals surface area contributed by atoms with Crippen LogP contribution in [0, 0.1) is 13.8 Å². The van der Waals surface area contributed by atoms with Gasteiger partial charge in [0.2, 0.25) is 0 Å². The fourth-order valence-corrected chi connectivity index (χ4v) is 3.15. The number of likely N-dealkylation sites (N-methyl/N-ethyl adjacent to an activating group) is 1. The summed E-state index contributed by atoms with van der Waals surface area (Å²) in [4.78, 5) is 2.62. The Labute approximate surface area is 118 Å². The number of benzene rings is 1. The van der Waals surface area contributed by atoms with Gasteiger partial charge in [-0.2, -0.15) is 0 Å². The van der Waals surface area contributed by atoms with Gasteiger partial charge >= 0.3 is 0 Å². The van der Waals surface area contributed by atoms with E-state index in [1.54, 1.807) is 0 Å². The van der Waals surface area contributed by atoms with Crippen molar-refractivity contribution in [3.63, 3.8) is 0 Å². The molecule has 1 atom stereocenters. The van der Waals surface area contributed by atoms with Crippen LogP contribution < -0.4 is 5.32 Å². The number of hydrogen-bond acceptors (Lipinski definition) is 2. The molecule has 1 aromatic carbocycles. The normalized spacial score (nSPS) is 18.5. The molecule has 1 N–H and O–H groups in total. The van der Waals surface area contributed by atoms with E-state index in [9.17, 15) is 0 Å². The van der Waals surface area contributed by atoms with E-state index in [0.717, 1.165) is 13.1 Å². The number of likely N-dealkylation sites (tertiary alicyclic amines) is 1. The van der Waals surface area contributed by atoms with Crippen molar-refractivity contribution in [2.75, 3.05) is 26.2 Å². The van der Waals surface area contributed by atoms with Gasteiger partial charge in [-0.05, 0) is 51.9 Å². The van der Waals surface area contributed by atoms with E-state index in [1.165, 1.54) is 49.0 Å². The number of nitrogens with one attached hydrogen (secondary N) is 1. The van der Waals surface area contributed by atoms with Crippen LogP contribution in [0.25, 0.3) is 0 Å². The predicted octanol–water partition coefficient (Wildman–Crippen LogP) is 3.44. The molecule has 2 heteroatoms. The molecular formula is C17H28N2. The third-order valence-corrected chi connectivity index (χ3v) is 3.99. The molecule has 1 fully saturated rings. The third-order valence-electron chi connectivity index (χ3n) is 3.99. The quantitative estimate of drug-likeness (QED) is 0.872. The van der Waals surface area contributed by atoms with Crippen LogP contribution in [0.15, 0.2) is 18.2 Å². The summed E-state index contributed by atoms with van der Waals surface area (Å²) in [7, 11) is 0. The molecule has 0 aromatic heterocycles. The average Bonchev–Trinajstić information content (AvgIpc) is 2.38. The van der Waals surface area contributed by atoms with Gasteiger partial charge in [0.1, 0.15) is 0 Å². The molecule has 0 saturated carbocycles. The molecule has 106 valence electrons. The molecule has 0 amide bonds. The maximum atomic E-state index is 3.66. The number of nitrogens with zero attached hydrogens (tertiary/aromatic N) is 1. The van der Waals surface area contributed by atoms with Crippen LogP contribution in [0.3, 0.4) is 0 Å². The van der Waals surface area contributed by atoms with E-state index >= 15 is 0 Å². The van der Waals surface area contributed by atoms with Crippen molar-refractivity contribution >= 4 is 0 Å². The SMILES string of the molecule is CCNC(CN1CCCCC1)c1cc(C)cc(C)c1. The van der Waals surface area contributed by atoms with Crippen molar-refractivity contribution in [3.8, 4) is 0 Å². The van der Waals surface area contributed by atoms with Gasteiger partial charge in [0.15, 0.2) is 0 Å². The third kappa shape index (κ3) is 4.32. The van der Waals surface area contributed by atoms with Gasteiger partial charge in [0.25, 0.3) is 0 Å². The van der Waals surface area contributed by atoms with Gasteiger partial charge in [0.05, 0.1) is 0 Å². The van der Waals surface area contributed by atoms with E-state index < -0.39 is 0 Å². The molecule has 1 saturated heterocycles. The molecule has 1 unspecified atom stereocenters. The van der Waals surface area contributed by atoms with Crippen LogP contribution in [0.1, 0.15) is 48.9 Å². The van der Waals surface area contributed by atoms with Crippen molar-refractivity contribution in [2.45, 2.75) is 46.1 Å². The maximum Gasteiger partial charge on any atom is 0.0449 e. The Morgan fingerprint density at radius 1 is 1.05 bits per heavy atom. The lowest BCUT2D eigenvalue weighted by molar-refractivity contribution is 0.206. The molecule has 2 rings (SSSR count). The number of piperidine rings is 1. The molecule has 1 aromatic rings. The first-order valence-corrected chi connectivity index (χ1v) is 7.73. The second-order valence-corrected chi connectivity index (χ2v) is 5.89. The minimum absolute atomic E-state index is 0.474. The Morgan fingerprint density at radius 3 is 2.26 bits per heavy atom. The van der Waals surface area contributed by atoms with E-state index in [2.05, 4.69) is 49.2 Å². The van der Waals surface area contributed by atoms with Gasteiger partial charge in [0, 0.05) is 12.6 Å². The van der Waals surface area contributed by atoms with Crippen LogP contribution in [-0.2, 0) is 0 Å². The number of rotatable bonds is 5. The molecule has 1 aliphatic heterocycles. The zero-order chi connectivity index (χ0) is 13.7. The summed E-state index contributed by atoms with van der Waals surface area (Å²) < 4.78 is 0. The van der Waals surface area contributed by atoms with Gasteiger partial charge in [-0.25, -0.2) is 0 Å². The Kier molecular flexibility index (Phi) is 5.41. The summed E-state index contributed by atoms with van der Waals surface area (Å²) >= 11 is 0. The van der Waals surface area contributed by atoms with E-state index in [-0.39, 0.29) is 0 Å². The topological polar surface area (TPSA) is 15.3 Å². The summed E-state index contributed by atoms with van der Waals surface area (Å²) in [6.45, 7) is 11.3. The molecule has 0 aliphatic carbocycles. The molecule has 19 heavy (non-hydrogen) atoms. The lowest BCUT2D eigenvalue weighted by atomic mass is 10.00. The van der Waals surface area contributed by atoms with E-state index in [4.69, 9.17) is 0 Å². The van der Waals surface area contributed by atoms with Crippen LogP contribution in [-0.4, -0.2) is 31.1 Å². The summed E-state index contributed by atoms with van der Waals surface area (Å²) in [6.07, 6.45) is 4.14. The van der Waals surface area contributed by atoms with Crippen LogP contribution >= 0.6 is 0 Å². The molecular weight excluding hydrogens is 232 g/mol. The highest BCUT2D eigenvalue weighted by Gasteiger charge is 2.17. The fourth-order valence-electron chi connectivity index (χ4n) is 3.15. The van der Waals surface area contributed by atoms with Crippen molar-refractivity contribution in [1.29, 1.82) is 0 Å². The highest BCUT2D eigenvalue weighted by Crippen LogP contribution is 2.20. The molecule has 0 bridgehead atoms. The summed E-state index contributed by atoms with van der Waals surface area (Å²) in [5.41, 5.74) is 4.19. The smallest absolute Gasteiger partial charge is 0.0449 e. The molecule has 1 aliphatic rings. The zero-order valence-electron chi connectivity index (χ0n) is 12.7. The monoisotopic (exact) mass is 260 g/mol. The van der Waals surface area contributed by atoms with Crippen LogP contribution in [0.5, 0.6) is 0 Å². The molecule has 0 radical (unpaired) electrons.